The minimum atomic E-state index is -0.390. The molecule has 2 aliphatic heterocycles. The maximum absolute atomic E-state index is 13.2. The zero-order chi connectivity index (χ0) is 18.1. The lowest BCUT2D eigenvalue weighted by Crippen LogP contribution is -2.49. The van der Waals surface area contributed by atoms with Crippen LogP contribution in [-0.2, 0) is 11.8 Å². The number of rotatable bonds is 2. The number of aliphatic hydroxyl groups excluding tert-OH is 1. The van der Waals surface area contributed by atoms with Crippen LogP contribution in [0.15, 0.2) is 30.5 Å². The van der Waals surface area contributed by atoms with Gasteiger partial charge in [-0.15, -0.1) is 0 Å². The van der Waals surface area contributed by atoms with Gasteiger partial charge in [0.25, 0.3) is 5.91 Å². The van der Waals surface area contributed by atoms with Crippen LogP contribution >= 0.6 is 0 Å². The fourth-order valence-electron chi connectivity index (χ4n) is 4.29. The largest absolute Gasteiger partial charge is 0.391 e. The van der Waals surface area contributed by atoms with Crippen LogP contribution in [-0.4, -0.2) is 76.9 Å². The fraction of sp³-hybridized carbons (Fsp3) is 0.550. The quantitative estimate of drug-likeness (QED) is 0.884. The molecule has 1 N–H and O–H groups in total. The number of para-hydroxylation sites is 1. The molecule has 1 aromatic heterocycles. The number of aliphatic hydroxyl groups is 1. The molecule has 6 heteroatoms. The zero-order valence-electron chi connectivity index (χ0n) is 15.3. The Balaban J connectivity index is 1.52. The summed E-state index contributed by atoms with van der Waals surface area (Å²) in [5.41, 5.74) is 1.82. The molecule has 1 amide bonds. The van der Waals surface area contributed by atoms with Crippen molar-refractivity contribution >= 4 is 16.8 Å². The van der Waals surface area contributed by atoms with E-state index >= 15 is 0 Å². The highest BCUT2D eigenvalue weighted by molar-refractivity contribution is 6.07. The van der Waals surface area contributed by atoms with Crippen molar-refractivity contribution in [1.29, 1.82) is 0 Å². The number of fused-ring (bicyclic) bond motifs is 1. The van der Waals surface area contributed by atoms with Gasteiger partial charge < -0.3 is 19.3 Å². The van der Waals surface area contributed by atoms with Gasteiger partial charge in [-0.2, -0.15) is 0 Å². The number of nitrogens with zero attached hydrogens (tertiary/aromatic N) is 3. The molecule has 4 rings (SSSR count). The molecule has 6 nitrogen and oxygen atoms in total. The van der Waals surface area contributed by atoms with Gasteiger partial charge in [-0.3, -0.25) is 9.69 Å². The van der Waals surface area contributed by atoms with Gasteiger partial charge >= 0.3 is 0 Å². The molecule has 2 fully saturated rings. The van der Waals surface area contributed by atoms with E-state index in [2.05, 4.69) is 4.90 Å². The molecule has 140 valence electrons. The van der Waals surface area contributed by atoms with Crippen molar-refractivity contribution in [1.82, 2.24) is 14.4 Å². The summed E-state index contributed by atoms with van der Waals surface area (Å²) in [5, 5.41) is 11.6. The predicted octanol–water partition coefficient (Wildman–Crippen LogP) is 1.48. The molecule has 2 atom stereocenters. The molecule has 0 bridgehead atoms. The molecular formula is C20H27N3O3. The van der Waals surface area contributed by atoms with E-state index in [1.165, 1.54) is 0 Å². The van der Waals surface area contributed by atoms with Gasteiger partial charge in [0.2, 0.25) is 0 Å². The molecule has 3 heterocycles. The van der Waals surface area contributed by atoms with Gasteiger partial charge in [0.05, 0.1) is 24.9 Å². The second-order valence-corrected chi connectivity index (χ2v) is 7.32. The average molecular weight is 357 g/mol. The van der Waals surface area contributed by atoms with E-state index in [1.54, 1.807) is 0 Å². The Labute approximate surface area is 153 Å². The molecule has 0 radical (unpaired) electrons. The number of aromatic nitrogens is 1. The number of likely N-dealkylation sites (tertiary alicyclic amines) is 1. The topological polar surface area (TPSA) is 57.9 Å². The first-order valence-electron chi connectivity index (χ1n) is 9.48. The zero-order valence-corrected chi connectivity index (χ0v) is 15.3. The van der Waals surface area contributed by atoms with Crippen LogP contribution in [0.1, 0.15) is 23.2 Å². The monoisotopic (exact) mass is 357 g/mol. The van der Waals surface area contributed by atoms with Gasteiger partial charge in [-0.1, -0.05) is 18.2 Å². The summed E-state index contributed by atoms with van der Waals surface area (Å²) < 4.78 is 7.43. The minimum absolute atomic E-state index is 0.0663. The Morgan fingerprint density at radius 2 is 1.85 bits per heavy atom. The smallest absolute Gasteiger partial charge is 0.256 e. The van der Waals surface area contributed by atoms with Crippen molar-refractivity contribution in [2.75, 3.05) is 39.4 Å². The van der Waals surface area contributed by atoms with E-state index in [9.17, 15) is 9.90 Å². The molecule has 1 aromatic carbocycles. The van der Waals surface area contributed by atoms with E-state index < -0.39 is 6.10 Å². The van der Waals surface area contributed by atoms with E-state index in [-0.39, 0.29) is 11.9 Å². The van der Waals surface area contributed by atoms with Crippen LogP contribution in [0, 0.1) is 0 Å². The second-order valence-electron chi connectivity index (χ2n) is 7.32. The number of benzene rings is 1. The van der Waals surface area contributed by atoms with Gasteiger partial charge in [0, 0.05) is 56.4 Å². The Kier molecular flexibility index (Phi) is 4.98. The first-order valence-corrected chi connectivity index (χ1v) is 9.48. The molecule has 2 aromatic rings. The standard InChI is InChI=1S/C20H27N3O3/c1-21-14-16(15-4-2-3-5-17(15)21)20(25)23-8-6-18(19(24)7-9-23)22-10-12-26-13-11-22/h2-5,14,18-19,24H,6-13H2,1H3/t18-,19-/m0/s1. The molecule has 0 unspecified atom stereocenters. The predicted molar refractivity (Wildman–Crippen MR) is 100 cm³/mol. The van der Waals surface area contributed by atoms with Gasteiger partial charge in [-0.25, -0.2) is 0 Å². The van der Waals surface area contributed by atoms with Crippen LogP contribution in [0.25, 0.3) is 10.9 Å². The van der Waals surface area contributed by atoms with E-state index in [0.29, 0.717) is 19.5 Å². The van der Waals surface area contributed by atoms with Gasteiger partial charge in [-0.05, 0) is 18.9 Å². The van der Waals surface area contributed by atoms with Crippen LogP contribution in [0.5, 0.6) is 0 Å². The SMILES string of the molecule is Cn1cc(C(=O)N2CC[C@H](O)[C@@H](N3CCOCC3)CC2)c2ccccc21. The third-order valence-corrected chi connectivity index (χ3v) is 5.76. The van der Waals surface area contributed by atoms with Crippen molar-refractivity contribution in [3.63, 3.8) is 0 Å². The lowest BCUT2D eigenvalue weighted by Gasteiger charge is -2.36. The number of carbonyl (C=O) groups is 1. The van der Waals surface area contributed by atoms with E-state index in [1.807, 2.05) is 47.0 Å². The lowest BCUT2D eigenvalue weighted by atomic mass is 10.0. The maximum Gasteiger partial charge on any atom is 0.256 e. The minimum Gasteiger partial charge on any atom is -0.391 e. The number of hydrogen-bond donors (Lipinski definition) is 1. The van der Waals surface area contributed by atoms with Crippen molar-refractivity contribution in [2.45, 2.75) is 25.0 Å². The third-order valence-electron chi connectivity index (χ3n) is 5.76. The number of carbonyl (C=O) groups excluding carboxylic acids is 1. The number of ether oxygens (including phenoxy) is 1. The van der Waals surface area contributed by atoms with Crippen LogP contribution in [0.4, 0.5) is 0 Å². The Morgan fingerprint density at radius 1 is 1.12 bits per heavy atom. The number of morpholine rings is 1. The second kappa shape index (κ2) is 7.39. The summed E-state index contributed by atoms with van der Waals surface area (Å²) in [6.45, 7) is 4.45. The van der Waals surface area contributed by atoms with E-state index in [4.69, 9.17) is 4.74 Å². The summed E-state index contributed by atoms with van der Waals surface area (Å²) in [4.78, 5) is 17.4. The molecule has 0 aliphatic carbocycles. The summed E-state index contributed by atoms with van der Waals surface area (Å²) >= 11 is 0. The highest BCUT2D eigenvalue weighted by Crippen LogP contribution is 2.24. The van der Waals surface area contributed by atoms with Gasteiger partial charge in [0.15, 0.2) is 0 Å². The Morgan fingerprint density at radius 3 is 2.65 bits per heavy atom. The number of hydrogen-bond acceptors (Lipinski definition) is 4. The summed E-state index contributed by atoms with van der Waals surface area (Å²) in [6.07, 6.45) is 2.96. The lowest BCUT2D eigenvalue weighted by molar-refractivity contribution is -0.0222. The highest BCUT2D eigenvalue weighted by atomic mass is 16.5. The van der Waals surface area contributed by atoms with Crippen LogP contribution < -0.4 is 0 Å². The Bertz CT molecular complexity index is 782. The van der Waals surface area contributed by atoms with Crippen LogP contribution in [0.3, 0.4) is 0 Å². The summed E-state index contributed by atoms with van der Waals surface area (Å²) in [5.74, 6) is 0.0663. The molecule has 26 heavy (non-hydrogen) atoms. The van der Waals surface area contributed by atoms with Gasteiger partial charge in [0.1, 0.15) is 0 Å². The first kappa shape index (κ1) is 17.5. The average Bonchev–Trinajstić information content (AvgIpc) is 2.88. The molecule has 2 aliphatic rings. The molecule has 0 spiro atoms. The number of aryl methyl sites for hydroxylation is 1. The first-order chi connectivity index (χ1) is 12.6. The summed E-state index contributed by atoms with van der Waals surface area (Å²) in [7, 11) is 1.97. The summed E-state index contributed by atoms with van der Waals surface area (Å²) in [6, 6.07) is 8.12. The molecular weight excluding hydrogens is 330 g/mol. The fourth-order valence-corrected chi connectivity index (χ4v) is 4.29. The van der Waals surface area contributed by atoms with Crippen molar-refractivity contribution in [2.24, 2.45) is 7.05 Å². The Hall–Kier alpha value is -1.89. The molecule has 0 saturated carbocycles. The molecule has 2 saturated heterocycles. The van der Waals surface area contributed by atoms with Crippen molar-refractivity contribution < 1.29 is 14.6 Å². The highest BCUT2D eigenvalue weighted by Gasteiger charge is 2.32. The van der Waals surface area contributed by atoms with Crippen molar-refractivity contribution in [3.05, 3.63) is 36.0 Å². The van der Waals surface area contributed by atoms with Crippen molar-refractivity contribution in [3.8, 4) is 0 Å². The van der Waals surface area contributed by atoms with E-state index in [0.717, 1.165) is 49.2 Å². The van der Waals surface area contributed by atoms with Crippen LogP contribution in [0.2, 0.25) is 0 Å². The third kappa shape index (κ3) is 3.24. The number of amides is 1. The normalized spacial score (nSPS) is 25.4. The maximum atomic E-state index is 13.2.